The highest BCUT2D eigenvalue weighted by Gasteiger charge is 2.63. The van der Waals surface area contributed by atoms with Crippen molar-refractivity contribution in [2.45, 2.75) is 25.7 Å². The number of hydrogen-bond acceptors (Lipinski definition) is 3. The normalized spacial score (nSPS) is 33.4. The van der Waals surface area contributed by atoms with E-state index in [0.29, 0.717) is 0 Å². The maximum absolute atomic E-state index is 9.66. The second-order valence-electron chi connectivity index (χ2n) is 5.56. The molecule has 0 aromatic heterocycles. The van der Waals surface area contributed by atoms with Crippen LogP contribution in [0.15, 0.2) is 0 Å². The first-order chi connectivity index (χ1) is 7.33. The highest BCUT2D eigenvalue weighted by atomic mass is 16.5. The quantitative estimate of drug-likeness (QED) is 0.764. The van der Waals surface area contributed by atoms with E-state index in [0.717, 1.165) is 32.3 Å². The Morgan fingerprint density at radius 1 is 1.00 bits per heavy atom. The molecule has 2 saturated heterocycles. The summed E-state index contributed by atoms with van der Waals surface area (Å²) >= 11 is 0. The monoisotopic (exact) mass is 212 g/mol. The van der Waals surface area contributed by atoms with Gasteiger partial charge in [-0.2, -0.15) is 0 Å². The van der Waals surface area contributed by atoms with Gasteiger partial charge in [0.1, 0.15) is 0 Å². The minimum Gasteiger partial charge on any atom is -0.396 e. The third kappa shape index (κ3) is 1.17. The highest BCUT2D eigenvalue weighted by molar-refractivity contribution is 5.09. The molecule has 15 heavy (non-hydrogen) atoms. The molecule has 0 spiro atoms. The Bertz CT molecular complexity index is 232. The summed E-state index contributed by atoms with van der Waals surface area (Å²) in [5, 5.41) is 9.66. The van der Waals surface area contributed by atoms with Crippen molar-refractivity contribution in [1.29, 1.82) is 0 Å². The molecule has 1 saturated carbocycles. The van der Waals surface area contributed by atoms with Crippen molar-refractivity contribution in [2.24, 2.45) is 16.7 Å². The van der Waals surface area contributed by atoms with E-state index in [-0.39, 0.29) is 17.4 Å². The molecular formula is C12H20O3. The second-order valence-corrected chi connectivity index (χ2v) is 5.56. The minimum atomic E-state index is 0.0280. The molecule has 3 heteroatoms. The van der Waals surface area contributed by atoms with E-state index in [1.165, 1.54) is 25.7 Å². The summed E-state index contributed by atoms with van der Waals surface area (Å²) in [7, 11) is 0. The Kier molecular flexibility index (Phi) is 2.31. The van der Waals surface area contributed by atoms with Gasteiger partial charge >= 0.3 is 0 Å². The fraction of sp³-hybridized carbons (Fsp3) is 1.00. The number of hydrogen-bond donors (Lipinski definition) is 1. The SMILES string of the molecule is OCC1(C2(C3CCCC3)COC2)COC1. The molecule has 1 N–H and O–H groups in total. The van der Waals surface area contributed by atoms with Gasteiger partial charge in [0.05, 0.1) is 38.4 Å². The van der Waals surface area contributed by atoms with Crippen molar-refractivity contribution in [3.05, 3.63) is 0 Å². The third-order valence-electron chi connectivity index (χ3n) is 4.97. The molecule has 0 radical (unpaired) electrons. The van der Waals surface area contributed by atoms with Crippen LogP contribution in [-0.4, -0.2) is 38.1 Å². The zero-order chi connectivity index (χ0) is 10.4. The zero-order valence-corrected chi connectivity index (χ0v) is 9.21. The summed E-state index contributed by atoms with van der Waals surface area (Å²) in [5.41, 5.74) is 0.275. The molecule has 3 fully saturated rings. The van der Waals surface area contributed by atoms with Gasteiger partial charge in [0, 0.05) is 5.41 Å². The summed E-state index contributed by atoms with van der Waals surface area (Å²) in [6.07, 6.45) is 5.36. The lowest BCUT2D eigenvalue weighted by atomic mass is 9.54. The smallest absolute Gasteiger partial charge is 0.0574 e. The summed E-state index contributed by atoms with van der Waals surface area (Å²) in [4.78, 5) is 0. The fourth-order valence-electron chi connectivity index (χ4n) is 3.66. The van der Waals surface area contributed by atoms with Gasteiger partial charge < -0.3 is 14.6 Å². The number of rotatable bonds is 3. The Labute approximate surface area is 90.8 Å². The van der Waals surface area contributed by atoms with E-state index < -0.39 is 0 Å². The summed E-state index contributed by atoms with van der Waals surface area (Å²) in [6, 6.07) is 0. The van der Waals surface area contributed by atoms with Crippen LogP contribution in [0.5, 0.6) is 0 Å². The third-order valence-corrected chi connectivity index (χ3v) is 4.97. The molecule has 0 amide bonds. The Morgan fingerprint density at radius 2 is 1.60 bits per heavy atom. The van der Waals surface area contributed by atoms with Crippen molar-refractivity contribution in [3.8, 4) is 0 Å². The van der Waals surface area contributed by atoms with Gasteiger partial charge in [0.25, 0.3) is 0 Å². The molecule has 3 rings (SSSR count). The molecule has 2 heterocycles. The van der Waals surface area contributed by atoms with Crippen LogP contribution in [0.3, 0.4) is 0 Å². The highest BCUT2D eigenvalue weighted by Crippen LogP contribution is 2.58. The molecule has 1 aliphatic carbocycles. The molecule has 86 valence electrons. The van der Waals surface area contributed by atoms with Crippen LogP contribution < -0.4 is 0 Å². The molecule has 0 bridgehead atoms. The van der Waals surface area contributed by atoms with E-state index >= 15 is 0 Å². The van der Waals surface area contributed by atoms with Crippen molar-refractivity contribution < 1.29 is 14.6 Å². The largest absolute Gasteiger partial charge is 0.396 e. The molecule has 0 atom stereocenters. The van der Waals surface area contributed by atoms with Crippen LogP contribution in [0.25, 0.3) is 0 Å². The molecule has 3 nitrogen and oxygen atoms in total. The molecule has 0 aromatic carbocycles. The molecular weight excluding hydrogens is 192 g/mol. The van der Waals surface area contributed by atoms with Crippen LogP contribution in [0.4, 0.5) is 0 Å². The lowest BCUT2D eigenvalue weighted by Crippen LogP contribution is -2.68. The maximum atomic E-state index is 9.66. The van der Waals surface area contributed by atoms with Crippen LogP contribution in [0.2, 0.25) is 0 Å². The Hall–Kier alpha value is -0.120. The number of aliphatic hydroxyl groups is 1. The van der Waals surface area contributed by atoms with Gasteiger partial charge in [-0.05, 0) is 18.8 Å². The minimum absolute atomic E-state index is 0.0280. The Balaban J connectivity index is 1.84. The number of ether oxygens (including phenoxy) is 2. The summed E-state index contributed by atoms with van der Waals surface area (Å²) < 4.78 is 10.8. The fourth-order valence-corrected chi connectivity index (χ4v) is 3.66. The first-order valence-corrected chi connectivity index (χ1v) is 6.09. The average molecular weight is 212 g/mol. The molecule has 0 unspecified atom stereocenters. The first-order valence-electron chi connectivity index (χ1n) is 6.09. The van der Waals surface area contributed by atoms with Crippen LogP contribution in [-0.2, 0) is 9.47 Å². The first kappa shape index (κ1) is 10.1. The second kappa shape index (κ2) is 3.44. The van der Waals surface area contributed by atoms with E-state index in [2.05, 4.69) is 0 Å². The van der Waals surface area contributed by atoms with Crippen LogP contribution in [0.1, 0.15) is 25.7 Å². The predicted octanol–water partition coefficient (Wildman–Crippen LogP) is 1.20. The maximum Gasteiger partial charge on any atom is 0.0574 e. The van der Waals surface area contributed by atoms with Crippen molar-refractivity contribution in [2.75, 3.05) is 33.0 Å². The van der Waals surface area contributed by atoms with Crippen molar-refractivity contribution in [3.63, 3.8) is 0 Å². The summed E-state index contributed by atoms with van der Waals surface area (Å²) in [6.45, 7) is 3.45. The van der Waals surface area contributed by atoms with E-state index in [1.807, 2.05) is 0 Å². The van der Waals surface area contributed by atoms with Gasteiger partial charge in [-0.15, -0.1) is 0 Å². The van der Waals surface area contributed by atoms with E-state index in [4.69, 9.17) is 9.47 Å². The standard InChI is InChI=1S/C12H20O3/c13-5-11(6-14-7-11)12(8-15-9-12)10-3-1-2-4-10/h10,13H,1-9H2. The number of aliphatic hydroxyl groups excluding tert-OH is 1. The van der Waals surface area contributed by atoms with Gasteiger partial charge in [-0.1, -0.05) is 12.8 Å². The van der Waals surface area contributed by atoms with Crippen LogP contribution in [0, 0.1) is 16.7 Å². The van der Waals surface area contributed by atoms with E-state index in [9.17, 15) is 5.11 Å². The van der Waals surface area contributed by atoms with Gasteiger partial charge in [-0.3, -0.25) is 0 Å². The van der Waals surface area contributed by atoms with Crippen molar-refractivity contribution in [1.82, 2.24) is 0 Å². The average Bonchev–Trinajstić information content (AvgIpc) is 2.60. The van der Waals surface area contributed by atoms with E-state index in [1.54, 1.807) is 0 Å². The molecule has 0 aromatic rings. The lowest BCUT2D eigenvalue weighted by Gasteiger charge is -2.61. The Morgan fingerprint density at radius 3 is 1.93 bits per heavy atom. The topological polar surface area (TPSA) is 38.7 Å². The van der Waals surface area contributed by atoms with Crippen LogP contribution >= 0.6 is 0 Å². The van der Waals surface area contributed by atoms with Gasteiger partial charge in [0.15, 0.2) is 0 Å². The predicted molar refractivity (Wildman–Crippen MR) is 55.5 cm³/mol. The zero-order valence-electron chi connectivity index (χ0n) is 9.21. The van der Waals surface area contributed by atoms with Crippen molar-refractivity contribution >= 4 is 0 Å². The van der Waals surface area contributed by atoms with Gasteiger partial charge in [0.2, 0.25) is 0 Å². The lowest BCUT2D eigenvalue weighted by molar-refractivity contribution is -0.298. The molecule has 2 aliphatic heterocycles. The summed E-state index contributed by atoms with van der Waals surface area (Å²) in [5.74, 6) is 0.766. The van der Waals surface area contributed by atoms with Gasteiger partial charge in [-0.25, -0.2) is 0 Å². The molecule has 3 aliphatic rings.